The first-order valence-corrected chi connectivity index (χ1v) is 6.43. The molecule has 8 heteroatoms. The molecular formula is C8H7BrN2O4S. The molecule has 0 saturated carbocycles. The third kappa shape index (κ3) is 1.63. The number of fused-ring (bicyclic) bond motifs is 1. The predicted octanol–water partition coefficient (Wildman–Crippen LogP) is 1.28. The van der Waals surface area contributed by atoms with E-state index in [4.69, 9.17) is 4.74 Å². The zero-order valence-electron chi connectivity index (χ0n) is 8.07. The van der Waals surface area contributed by atoms with Gasteiger partial charge >= 0.3 is 6.03 Å². The van der Waals surface area contributed by atoms with E-state index in [1.807, 2.05) is 4.72 Å². The van der Waals surface area contributed by atoms with E-state index in [-0.39, 0.29) is 16.3 Å². The van der Waals surface area contributed by atoms with Crippen LogP contribution in [0.1, 0.15) is 0 Å². The van der Waals surface area contributed by atoms with E-state index in [1.54, 1.807) is 0 Å². The maximum absolute atomic E-state index is 11.6. The molecule has 0 aliphatic carbocycles. The molecule has 0 fully saturated rings. The van der Waals surface area contributed by atoms with Gasteiger partial charge in [-0.25, -0.2) is 17.9 Å². The average molecular weight is 307 g/mol. The molecule has 2 N–H and O–H groups in total. The average Bonchev–Trinajstić information content (AvgIpc) is 2.15. The van der Waals surface area contributed by atoms with Crippen LogP contribution < -0.4 is 14.8 Å². The number of urea groups is 1. The first-order valence-electron chi connectivity index (χ1n) is 4.16. The monoisotopic (exact) mass is 306 g/mol. The van der Waals surface area contributed by atoms with Crippen LogP contribution in [0.2, 0.25) is 0 Å². The SMILES string of the molecule is COc1c(Br)ccc2c1NC(=O)NS2(=O)=O. The number of hydrogen-bond donors (Lipinski definition) is 2. The molecule has 0 saturated heterocycles. The lowest BCUT2D eigenvalue weighted by molar-refractivity contribution is 0.256. The maximum atomic E-state index is 11.6. The van der Waals surface area contributed by atoms with Gasteiger partial charge in [-0.3, -0.25) is 0 Å². The third-order valence-electron chi connectivity index (χ3n) is 2.03. The molecule has 6 nitrogen and oxygen atoms in total. The highest BCUT2D eigenvalue weighted by molar-refractivity contribution is 9.10. The summed E-state index contributed by atoms with van der Waals surface area (Å²) in [7, 11) is -2.41. The molecule has 86 valence electrons. The Labute approximate surface area is 100 Å². The number of halogens is 1. The van der Waals surface area contributed by atoms with Gasteiger partial charge in [-0.2, -0.15) is 0 Å². The summed E-state index contributed by atoms with van der Waals surface area (Å²) in [5.74, 6) is 0.274. The molecule has 0 bridgehead atoms. The predicted molar refractivity (Wildman–Crippen MR) is 60.0 cm³/mol. The summed E-state index contributed by atoms with van der Waals surface area (Å²) in [4.78, 5) is 11.1. The van der Waals surface area contributed by atoms with Gasteiger partial charge in [0, 0.05) is 0 Å². The number of sulfonamides is 1. The highest BCUT2D eigenvalue weighted by Crippen LogP contribution is 2.39. The van der Waals surface area contributed by atoms with Gasteiger partial charge in [0.2, 0.25) is 0 Å². The molecule has 0 aromatic heterocycles. The van der Waals surface area contributed by atoms with Crippen LogP contribution in [0.3, 0.4) is 0 Å². The second-order valence-electron chi connectivity index (χ2n) is 3.01. The van der Waals surface area contributed by atoms with Gasteiger partial charge in [0.1, 0.15) is 10.6 Å². The minimum Gasteiger partial charge on any atom is -0.493 e. The van der Waals surface area contributed by atoms with E-state index >= 15 is 0 Å². The van der Waals surface area contributed by atoms with Crippen LogP contribution in [0, 0.1) is 0 Å². The molecule has 16 heavy (non-hydrogen) atoms. The molecule has 2 amide bonds. The highest BCUT2D eigenvalue weighted by atomic mass is 79.9. The Bertz CT molecular complexity index is 570. The van der Waals surface area contributed by atoms with Crippen molar-refractivity contribution in [3.63, 3.8) is 0 Å². The van der Waals surface area contributed by atoms with Crippen LogP contribution in [-0.4, -0.2) is 21.6 Å². The lowest BCUT2D eigenvalue weighted by atomic mass is 10.3. The molecule has 1 aliphatic rings. The van der Waals surface area contributed by atoms with Crippen molar-refractivity contribution in [1.82, 2.24) is 4.72 Å². The summed E-state index contributed by atoms with van der Waals surface area (Å²) in [6.07, 6.45) is 0. The van der Waals surface area contributed by atoms with Crippen molar-refractivity contribution < 1.29 is 17.9 Å². The Kier molecular flexibility index (Phi) is 2.55. The summed E-state index contributed by atoms with van der Waals surface area (Å²) < 4.78 is 30.7. The first-order chi connectivity index (χ1) is 7.45. The summed E-state index contributed by atoms with van der Waals surface area (Å²) in [6, 6.07) is 2.11. The van der Waals surface area contributed by atoms with E-state index in [2.05, 4.69) is 21.2 Å². The zero-order chi connectivity index (χ0) is 11.9. The molecule has 1 aliphatic heterocycles. The molecule has 1 aromatic rings. The van der Waals surface area contributed by atoms with Gasteiger partial charge in [0.05, 0.1) is 11.6 Å². The normalized spacial score (nSPS) is 17.0. The molecular weight excluding hydrogens is 300 g/mol. The van der Waals surface area contributed by atoms with Gasteiger partial charge in [-0.05, 0) is 28.1 Å². The van der Waals surface area contributed by atoms with Crippen molar-refractivity contribution in [1.29, 1.82) is 0 Å². The number of nitrogens with one attached hydrogen (secondary N) is 2. The second-order valence-corrected chi connectivity index (χ2v) is 5.52. The fourth-order valence-electron chi connectivity index (χ4n) is 1.40. The van der Waals surface area contributed by atoms with Crippen molar-refractivity contribution in [2.45, 2.75) is 4.90 Å². The Morgan fingerprint density at radius 3 is 2.69 bits per heavy atom. The lowest BCUT2D eigenvalue weighted by Gasteiger charge is -2.20. The number of methoxy groups -OCH3 is 1. The van der Waals surface area contributed by atoms with Gasteiger partial charge in [-0.15, -0.1) is 0 Å². The fraction of sp³-hybridized carbons (Fsp3) is 0.125. The van der Waals surface area contributed by atoms with E-state index in [1.165, 1.54) is 19.2 Å². The Balaban J connectivity index is 2.77. The standard InChI is InChI=1S/C8H7BrN2O4S/c1-15-7-4(9)2-3-5-6(7)10-8(12)11-16(5,13)14/h2-3H,1H3,(H2,10,11,12). The molecule has 1 heterocycles. The molecule has 1 aromatic carbocycles. The number of anilines is 1. The highest BCUT2D eigenvalue weighted by Gasteiger charge is 2.30. The number of ether oxygens (including phenoxy) is 1. The van der Waals surface area contributed by atoms with Crippen molar-refractivity contribution in [2.24, 2.45) is 0 Å². The van der Waals surface area contributed by atoms with Gasteiger partial charge in [0.25, 0.3) is 10.0 Å². The number of carbonyl (C=O) groups is 1. The van der Waals surface area contributed by atoms with Crippen LogP contribution in [0.5, 0.6) is 5.75 Å². The van der Waals surface area contributed by atoms with Crippen molar-refractivity contribution in [2.75, 3.05) is 12.4 Å². The van der Waals surface area contributed by atoms with Gasteiger partial charge in [0.15, 0.2) is 5.75 Å². The van der Waals surface area contributed by atoms with E-state index in [9.17, 15) is 13.2 Å². The number of amides is 2. The van der Waals surface area contributed by atoms with Crippen LogP contribution in [0.25, 0.3) is 0 Å². The Morgan fingerprint density at radius 1 is 1.38 bits per heavy atom. The van der Waals surface area contributed by atoms with E-state index in [0.29, 0.717) is 4.47 Å². The van der Waals surface area contributed by atoms with Crippen molar-refractivity contribution in [3.05, 3.63) is 16.6 Å². The topological polar surface area (TPSA) is 84.5 Å². The van der Waals surface area contributed by atoms with Crippen LogP contribution in [-0.2, 0) is 10.0 Å². The summed E-state index contributed by atoms with van der Waals surface area (Å²) in [5, 5.41) is 2.39. The van der Waals surface area contributed by atoms with Crippen molar-refractivity contribution in [3.8, 4) is 5.75 Å². The Hall–Kier alpha value is -1.28. The third-order valence-corrected chi connectivity index (χ3v) is 4.03. The fourth-order valence-corrected chi connectivity index (χ4v) is 2.95. The lowest BCUT2D eigenvalue weighted by Crippen LogP contribution is -2.39. The van der Waals surface area contributed by atoms with E-state index in [0.717, 1.165) is 0 Å². The summed E-state index contributed by atoms with van der Waals surface area (Å²) >= 11 is 3.20. The van der Waals surface area contributed by atoms with Crippen molar-refractivity contribution >= 4 is 37.7 Å². The molecule has 2 rings (SSSR count). The quantitative estimate of drug-likeness (QED) is 0.818. The summed E-state index contributed by atoms with van der Waals surface area (Å²) in [5.41, 5.74) is 0.139. The van der Waals surface area contributed by atoms with E-state index < -0.39 is 16.1 Å². The molecule has 0 spiro atoms. The van der Waals surface area contributed by atoms with Gasteiger partial charge in [-0.1, -0.05) is 0 Å². The van der Waals surface area contributed by atoms with Gasteiger partial charge < -0.3 is 10.1 Å². The van der Waals surface area contributed by atoms with Crippen LogP contribution in [0.15, 0.2) is 21.5 Å². The molecule has 0 radical (unpaired) electrons. The first kappa shape index (κ1) is 11.2. The molecule has 0 unspecified atom stereocenters. The largest absolute Gasteiger partial charge is 0.493 e. The number of hydrogen-bond acceptors (Lipinski definition) is 4. The smallest absolute Gasteiger partial charge is 0.333 e. The summed E-state index contributed by atoms with van der Waals surface area (Å²) in [6.45, 7) is 0. The molecule has 0 atom stereocenters. The number of carbonyl (C=O) groups excluding carboxylic acids is 1. The van der Waals surface area contributed by atoms with Crippen LogP contribution >= 0.6 is 15.9 Å². The van der Waals surface area contributed by atoms with Crippen LogP contribution in [0.4, 0.5) is 10.5 Å². The zero-order valence-corrected chi connectivity index (χ0v) is 10.5. The number of benzene rings is 1. The Morgan fingerprint density at radius 2 is 2.06 bits per heavy atom. The number of rotatable bonds is 1. The second kappa shape index (κ2) is 3.63. The minimum atomic E-state index is -3.80. The minimum absolute atomic E-state index is 0.0212. The maximum Gasteiger partial charge on any atom is 0.333 e.